The van der Waals surface area contributed by atoms with Gasteiger partial charge in [-0.2, -0.15) is 0 Å². The minimum absolute atomic E-state index is 0.115. The van der Waals surface area contributed by atoms with Crippen LogP contribution in [-0.2, 0) is 0 Å². The van der Waals surface area contributed by atoms with Crippen molar-refractivity contribution in [1.82, 2.24) is 4.90 Å². The molecule has 0 saturated carbocycles. The van der Waals surface area contributed by atoms with Crippen molar-refractivity contribution in [2.45, 2.75) is 0 Å². The summed E-state index contributed by atoms with van der Waals surface area (Å²) in [6.07, 6.45) is 0. The van der Waals surface area contributed by atoms with Gasteiger partial charge in [-0.1, -0.05) is 24.3 Å². The highest BCUT2D eigenvalue weighted by Crippen LogP contribution is 2.19. The largest absolute Gasteiger partial charge is 0.345 e. The number of fused-ring (bicyclic) bond motifs is 1. The molecule has 0 aromatic heterocycles. The Bertz CT molecular complexity index is 549. The fourth-order valence-electron chi connectivity index (χ4n) is 1.62. The summed E-state index contributed by atoms with van der Waals surface area (Å²) >= 11 is 0. The summed E-state index contributed by atoms with van der Waals surface area (Å²) in [6.45, 7) is 0. The Morgan fingerprint density at radius 1 is 1.12 bits per heavy atom. The lowest BCUT2D eigenvalue weighted by Crippen LogP contribution is -2.22. The first-order chi connectivity index (χ1) is 7.59. The van der Waals surface area contributed by atoms with E-state index in [0.29, 0.717) is 0 Å². The third-order valence-electron chi connectivity index (χ3n) is 2.47. The van der Waals surface area contributed by atoms with Gasteiger partial charge in [-0.3, -0.25) is 4.79 Å². The van der Waals surface area contributed by atoms with Crippen LogP contribution in [0.1, 0.15) is 10.4 Å². The monoisotopic (exact) mass is 217 g/mol. The van der Waals surface area contributed by atoms with Crippen molar-refractivity contribution in [2.24, 2.45) is 0 Å². The van der Waals surface area contributed by atoms with Crippen molar-refractivity contribution >= 4 is 16.7 Å². The number of benzene rings is 2. The molecule has 2 nitrogen and oxygen atoms in total. The van der Waals surface area contributed by atoms with Gasteiger partial charge in [0.15, 0.2) is 0 Å². The van der Waals surface area contributed by atoms with E-state index in [9.17, 15) is 9.18 Å². The first kappa shape index (κ1) is 10.6. The average molecular weight is 217 g/mol. The predicted molar refractivity (Wildman–Crippen MR) is 61.9 cm³/mol. The summed E-state index contributed by atoms with van der Waals surface area (Å²) in [4.78, 5) is 13.1. The lowest BCUT2D eigenvalue weighted by atomic mass is 10.1. The summed E-state index contributed by atoms with van der Waals surface area (Å²) < 4.78 is 13.7. The van der Waals surface area contributed by atoms with Gasteiger partial charge in [0.2, 0.25) is 0 Å². The van der Waals surface area contributed by atoms with E-state index in [2.05, 4.69) is 0 Å². The second kappa shape index (κ2) is 3.93. The number of rotatable bonds is 1. The van der Waals surface area contributed by atoms with Crippen molar-refractivity contribution < 1.29 is 9.18 Å². The number of carbonyl (C=O) groups excluding carboxylic acids is 1. The van der Waals surface area contributed by atoms with E-state index >= 15 is 0 Å². The van der Waals surface area contributed by atoms with E-state index in [1.807, 2.05) is 24.3 Å². The van der Waals surface area contributed by atoms with Crippen LogP contribution in [0.5, 0.6) is 0 Å². The van der Waals surface area contributed by atoms with Gasteiger partial charge in [0.1, 0.15) is 5.82 Å². The molecule has 0 aliphatic heterocycles. The van der Waals surface area contributed by atoms with Gasteiger partial charge in [-0.25, -0.2) is 4.39 Å². The molecule has 3 heteroatoms. The molecule has 0 unspecified atom stereocenters. The highest BCUT2D eigenvalue weighted by Gasteiger charge is 2.14. The van der Waals surface area contributed by atoms with Gasteiger partial charge < -0.3 is 4.90 Å². The Balaban J connectivity index is 2.63. The second-order valence-corrected chi connectivity index (χ2v) is 3.88. The summed E-state index contributed by atoms with van der Waals surface area (Å²) in [6, 6.07) is 10.4. The van der Waals surface area contributed by atoms with Crippen LogP contribution in [0.3, 0.4) is 0 Å². The van der Waals surface area contributed by atoms with Crippen LogP contribution in [-0.4, -0.2) is 24.9 Å². The highest BCUT2D eigenvalue weighted by atomic mass is 19.1. The standard InChI is InChI=1S/C13H12FNO/c1-15(2)13(16)11-7-9-5-3-4-6-10(9)8-12(11)14/h3-8H,1-2H3. The molecular formula is C13H12FNO. The molecule has 0 aliphatic rings. The summed E-state index contributed by atoms with van der Waals surface area (Å²) in [5, 5.41) is 1.67. The zero-order chi connectivity index (χ0) is 11.7. The van der Waals surface area contributed by atoms with Gasteiger partial charge in [-0.15, -0.1) is 0 Å². The maximum atomic E-state index is 13.7. The quantitative estimate of drug-likeness (QED) is 0.719. The SMILES string of the molecule is CN(C)C(=O)c1cc2ccccc2cc1F. The van der Waals surface area contributed by atoms with Crippen LogP contribution >= 0.6 is 0 Å². The Morgan fingerprint density at radius 3 is 2.25 bits per heavy atom. The second-order valence-electron chi connectivity index (χ2n) is 3.88. The molecule has 2 rings (SSSR count). The molecule has 0 heterocycles. The maximum absolute atomic E-state index is 13.7. The van der Waals surface area contributed by atoms with Gasteiger partial charge in [0, 0.05) is 14.1 Å². The van der Waals surface area contributed by atoms with E-state index in [1.165, 1.54) is 11.0 Å². The number of amides is 1. The Kier molecular flexibility index (Phi) is 2.60. The predicted octanol–water partition coefficient (Wildman–Crippen LogP) is 2.68. The van der Waals surface area contributed by atoms with Crippen LogP contribution in [0.25, 0.3) is 10.8 Å². The van der Waals surface area contributed by atoms with Crippen LogP contribution in [0.2, 0.25) is 0 Å². The molecule has 0 fully saturated rings. The number of hydrogen-bond donors (Lipinski definition) is 0. The number of hydrogen-bond acceptors (Lipinski definition) is 1. The van der Waals surface area contributed by atoms with E-state index in [-0.39, 0.29) is 11.5 Å². The van der Waals surface area contributed by atoms with Crippen LogP contribution in [0, 0.1) is 5.82 Å². The van der Waals surface area contributed by atoms with E-state index < -0.39 is 5.82 Å². The van der Waals surface area contributed by atoms with E-state index in [0.717, 1.165) is 10.8 Å². The average Bonchev–Trinajstić information content (AvgIpc) is 2.27. The summed E-state index contributed by atoms with van der Waals surface area (Å²) in [5.74, 6) is -0.791. The summed E-state index contributed by atoms with van der Waals surface area (Å²) in [7, 11) is 3.22. The molecule has 0 N–H and O–H groups in total. The van der Waals surface area contributed by atoms with Gasteiger partial charge in [0.05, 0.1) is 5.56 Å². The third-order valence-corrected chi connectivity index (χ3v) is 2.47. The molecule has 2 aromatic rings. The molecule has 0 atom stereocenters. The van der Waals surface area contributed by atoms with Crippen LogP contribution < -0.4 is 0 Å². The topological polar surface area (TPSA) is 20.3 Å². The third kappa shape index (κ3) is 1.76. The maximum Gasteiger partial charge on any atom is 0.256 e. The van der Waals surface area contributed by atoms with E-state index in [4.69, 9.17) is 0 Å². The highest BCUT2D eigenvalue weighted by molar-refractivity contribution is 5.98. The number of nitrogens with zero attached hydrogens (tertiary/aromatic N) is 1. The first-order valence-electron chi connectivity index (χ1n) is 4.99. The Hall–Kier alpha value is -1.90. The first-order valence-corrected chi connectivity index (χ1v) is 4.99. The van der Waals surface area contributed by atoms with Gasteiger partial charge in [0.25, 0.3) is 5.91 Å². The van der Waals surface area contributed by atoms with Crippen LogP contribution in [0.4, 0.5) is 4.39 Å². The van der Waals surface area contributed by atoms with Gasteiger partial charge >= 0.3 is 0 Å². The molecule has 0 saturated heterocycles. The number of halogens is 1. The lowest BCUT2D eigenvalue weighted by molar-refractivity contribution is 0.0823. The molecule has 0 bridgehead atoms. The Morgan fingerprint density at radius 2 is 1.69 bits per heavy atom. The summed E-state index contributed by atoms with van der Waals surface area (Å²) in [5.41, 5.74) is 0.115. The minimum Gasteiger partial charge on any atom is -0.345 e. The van der Waals surface area contributed by atoms with Crippen molar-refractivity contribution in [3.8, 4) is 0 Å². The van der Waals surface area contributed by atoms with Crippen molar-refractivity contribution in [2.75, 3.05) is 14.1 Å². The lowest BCUT2D eigenvalue weighted by Gasteiger charge is -2.11. The normalized spacial score (nSPS) is 10.4. The Labute approximate surface area is 93.3 Å². The van der Waals surface area contributed by atoms with Crippen LogP contribution in [0.15, 0.2) is 36.4 Å². The fourth-order valence-corrected chi connectivity index (χ4v) is 1.62. The van der Waals surface area contributed by atoms with Crippen molar-refractivity contribution in [3.63, 3.8) is 0 Å². The molecule has 82 valence electrons. The fraction of sp³-hybridized carbons (Fsp3) is 0.154. The molecule has 2 aromatic carbocycles. The zero-order valence-corrected chi connectivity index (χ0v) is 9.20. The molecule has 0 radical (unpaired) electrons. The molecule has 16 heavy (non-hydrogen) atoms. The molecular weight excluding hydrogens is 205 g/mol. The minimum atomic E-state index is -0.475. The molecule has 1 amide bonds. The van der Waals surface area contributed by atoms with E-state index in [1.54, 1.807) is 20.2 Å². The zero-order valence-electron chi connectivity index (χ0n) is 9.20. The van der Waals surface area contributed by atoms with Crippen molar-refractivity contribution in [3.05, 3.63) is 47.8 Å². The molecule has 0 aliphatic carbocycles. The van der Waals surface area contributed by atoms with Gasteiger partial charge in [-0.05, 0) is 22.9 Å². The smallest absolute Gasteiger partial charge is 0.256 e. The molecule has 0 spiro atoms. The number of carbonyl (C=O) groups is 1. The van der Waals surface area contributed by atoms with Crippen molar-refractivity contribution in [1.29, 1.82) is 0 Å².